The normalized spacial score (nSPS) is 17.1. The second-order valence-corrected chi connectivity index (χ2v) is 12.5. The molecule has 0 saturated carbocycles. The zero-order valence-corrected chi connectivity index (χ0v) is 24.2. The molecule has 2 unspecified atom stereocenters. The van der Waals surface area contributed by atoms with Crippen molar-refractivity contribution in [1.29, 1.82) is 0 Å². The first kappa shape index (κ1) is 27.6. The number of carbonyl (C=O) groups is 3. The first-order valence-electron chi connectivity index (χ1n) is 12.9. The Hall–Kier alpha value is -4.54. The van der Waals surface area contributed by atoms with E-state index in [2.05, 4.69) is 9.47 Å². The largest absolute Gasteiger partial charge is 0.482 e. The van der Waals surface area contributed by atoms with Crippen molar-refractivity contribution in [1.82, 2.24) is 0 Å². The lowest BCUT2D eigenvalue weighted by molar-refractivity contribution is -0.143. The quantitative estimate of drug-likeness (QED) is 0.160. The average molecular weight is 601 g/mol. The van der Waals surface area contributed by atoms with Gasteiger partial charge in [-0.2, -0.15) is 0 Å². The SMILES string of the molecule is COC(=O)COc1ccc2c(c1)C(=O)C1C=CC=CC1=S2c1ccc2sc3ccc(OCC(=O)OC)cc3c(=O)c2c1. The predicted molar refractivity (Wildman–Crippen MR) is 162 cm³/mol. The molecule has 0 radical (unpaired) electrons. The van der Waals surface area contributed by atoms with E-state index in [-0.39, 0.29) is 24.4 Å². The molecule has 2 heterocycles. The van der Waals surface area contributed by atoms with Crippen LogP contribution in [0.3, 0.4) is 0 Å². The van der Waals surface area contributed by atoms with Crippen LogP contribution in [0.2, 0.25) is 0 Å². The van der Waals surface area contributed by atoms with Gasteiger partial charge in [-0.25, -0.2) is 9.59 Å². The Balaban J connectivity index is 1.47. The molecule has 1 aliphatic carbocycles. The van der Waals surface area contributed by atoms with E-state index < -0.39 is 28.3 Å². The van der Waals surface area contributed by atoms with Crippen molar-refractivity contribution < 1.29 is 33.3 Å². The van der Waals surface area contributed by atoms with Crippen LogP contribution in [0.5, 0.6) is 11.5 Å². The molecule has 0 spiro atoms. The summed E-state index contributed by atoms with van der Waals surface area (Å²) < 4.78 is 22.0. The van der Waals surface area contributed by atoms with Crippen molar-refractivity contribution in [3.8, 4) is 11.5 Å². The minimum Gasteiger partial charge on any atom is -0.482 e. The van der Waals surface area contributed by atoms with E-state index in [1.807, 2.05) is 54.6 Å². The summed E-state index contributed by atoms with van der Waals surface area (Å²) in [5, 5.41) is 1.06. The number of hydrogen-bond donors (Lipinski definition) is 0. The van der Waals surface area contributed by atoms with Gasteiger partial charge >= 0.3 is 11.9 Å². The van der Waals surface area contributed by atoms with E-state index in [1.54, 1.807) is 24.3 Å². The summed E-state index contributed by atoms with van der Waals surface area (Å²) in [6.45, 7) is -0.518. The van der Waals surface area contributed by atoms with Gasteiger partial charge in [-0.1, -0.05) is 24.3 Å². The fraction of sp³-hybridized carbons (Fsp3) is 0.156. The number of ether oxygens (including phenoxy) is 4. The highest BCUT2D eigenvalue weighted by molar-refractivity contribution is 8.16. The summed E-state index contributed by atoms with van der Waals surface area (Å²) in [6, 6.07) is 16.3. The number of rotatable bonds is 7. The van der Waals surface area contributed by atoms with E-state index in [0.29, 0.717) is 27.8 Å². The summed E-state index contributed by atoms with van der Waals surface area (Å²) in [4.78, 5) is 53.1. The Morgan fingerprint density at radius 1 is 0.810 bits per heavy atom. The average Bonchev–Trinajstić information content (AvgIpc) is 3.03. The van der Waals surface area contributed by atoms with E-state index >= 15 is 0 Å². The van der Waals surface area contributed by atoms with Crippen LogP contribution in [0, 0.1) is 5.92 Å². The van der Waals surface area contributed by atoms with Crippen LogP contribution in [0.25, 0.3) is 20.2 Å². The highest BCUT2D eigenvalue weighted by atomic mass is 32.2. The molecular formula is C32H24O8S2. The van der Waals surface area contributed by atoms with Crippen molar-refractivity contribution in [3.63, 3.8) is 0 Å². The third-order valence-corrected chi connectivity index (χ3v) is 10.5. The van der Waals surface area contributed by atoms with Crippen LogP contribution in [-0.2, 0) is 19.1 Å². The molecule has 2 atom stereocenters. The number of Topliss-reactive ketones (excluding diaryl/α,β-unsaturated/α-hetero) is 1. The molecule has 3 aromatic carbocycles. The van der Waals surface area contributed by atoms with Gasteiger partial charge < -0.3 is 18.9 Å². The topological polar surface area (TPSA) is 105 Å². The molecule has 0 saturated heterocycles. The highest BCUT2D eigenvalue weighted by Crippen LogP contribution is 2.47. The first-order chi connectivity index (χ1) is 20.4. The van der Waals surface area contributed by atoms with Crippen molar-refractivity contribution in [2.24, 2.45) is 5.92 Å². The summed E-state index contributed by atoms with van der Waals surface area (Å²) in [6.07, 6.45) is 7.64. The molecule has 4 aromatic rings. The molecule has 8 nitrogen and oxygen atoms in total. The molecule has 0 bridgehead atoms. The fourth-order valence-electron chi connectivity index (χ4n) is 4.90. The second kappa shape index (κ2) is 11.4. The van der Waals surface area contributed by atoms with Gasteiger partial charge in [0, 0.05) is 35.5 Å². The standard InChI is InChI=1S/C32H24O8S2/c1-37-29(33)16-39-18-7-10-25-22(13-18)32(36)23-15-20(9-11-26(23)41-25)42-27-6-4-3-5-21(27)31(35)24-14-19(8-12-28(24)42)40-17-30(34)38-2/h3-15,21H,16-17H2,1-2H3. The highest BCUT2D eigenvalue weighted by Gasteiger charge is 2.33. The molecule has 1 aliphatic heterocycles. The maximum atomic E-state index is 13.8. The number of allylic oxidation sites excluding steroid dienone is 4. The Morgan fingerprint density at radius 3 is 2.17 bits per heavy atom. The molecule has 6 rings (SSSR count). The number of hydrogen-bond acceptors (Lipinski definition) is 9. The molecule has 0 amide bonds. The number of benzene rings is 3. The zero-order chi connectivity index (χ0) is 29.4. The lowest BCUT2D eigenvalue weighted by atomic mass is 9.91. The van der Waals surface area contributed by atoms with E-state index in [9.17, 15) is 19.2 Å². The minimum atomic E-state index is -0.654. The van der Waals surface area contributed by atoms with Gasteiger partial charge in [0.2, 0.25) is 0 Å². The van der Waals surface area contributed by atoms with Crippen LogP contribution in [0.15, 0.2) is 93.5 Å². The van der Waals surface area contributed by atoms with Gasteiger partial charge in [-0.05, 0) is 59.5 Å². The third-order valence-electron chi connectivity index (χ3n) is 6.95. The maximum Gasteiger partial charge on any atom is 0.343 e. The van der Waals surface area contributed by atoms with Crippen LogP contribution in [-0.4, -0.2) is 50.0 Å². The third kappa shape index (κ3) is 5.03. The summed E-state index contributed by atoms with van der Waals surface area (Å²) in [5.74, 6) is -0.732. The van der Waals surface area contributed by atoms with E-state index in [4.69, 9.17) is 9.47 Å². The smallest absolute Gasteiger partial charge is 0.343 e. The molecule has 212 valence electrons. The van der Waals surface area contributed by atoms with E-state index in [1.165, 1.54) is 25.6 Å². The Labute approximate surface area is 246 Å². The van der Waals surface area contributed by atoms with E-state index in [0.717, 1.165) is 24.1 Å². The second-order valence-electron chi connectivity index (χ2n) is 9.43. The van der Waals surface area contributed by atoms with Gasteiger partial charge in [-0.3, -0.25) is 9.59 Å². The molecule has 1 aromatic heterocycles. The van der Waals surface area contributed by atoms with Gasteiger partial charge in [0.05, 0.1) is 20.1 Å². The van der Waals surface area contributed by atoms with Crippen molar-refractivity contribution >= 4 is 64.6 Å². The van der Waals surface area contributed by atoms with Gasteiger partial charge in [0.15, 0.2) is 24.4 Å². The lowest BCUT2D eigenvalue weighted by Gasteiger charge is -2.29. The van der Waals surface area contributed by atoms with Crippen molar-refractivity contribution in [2.45, 2.75) is 9.79 Å². The van der Waals surface area contributed by atoms with Crippen LogP contribution in [0.1, 0.15) is 10.4 Å². The van der Waals surface area contributed by atoms with Gasteiger partial charge in [0.1, 0.15) is 11.5 Å². The number of fused-ring (bicyclic) bond motifs is 4. The Kier molecular flexibility index (Phi) is 7.49. The molecule has 42 heavy (non-hydrogen) atoms. The Bertz CT molecular complexity index is 1950. The molecule has 2 aliphatic rings. The van der Waals surface area contributed by atoms with Crippen LogP contribution < -0.4 is 14.9 Å². The summed E-state index contributed by atoms with van der Waals surface area (Å²) in [7, 11) is 1.91. The summed E-state index contributed by atoms with van der Waals surface area (Å²) >= 11 is 1.49. The zero-order valence-electron chi connectivity index (χ0n) is 22.6. The molecule has 0 N–H and O–H groups in total. The fourth-order valence-corrected chi connectivity index (χ4v) is 8.39. The molecule has 0 fully saturated rings. The number of esters is 2. The summed E-state index contributed by atoms with van der Waals surface area (Å²) in [5.41, 5.74) is 0.374. The predicted octanol–water partition coefficient (Wildman–Crippen LogP) is 5.32. The van der Waals surface area contributed by atoms with Crippen LogP contribution >= 0.6 is 21.8 Å². The number of carbonyl (C=O) groups excluding carboxylic acids is 3. The van der Waals surface area contributed by atoms with Crippen molar-refractivity contribution in [2.75, 3.05) is 27.4 Å². The minimum absolute atomic E-state index is 0.0501. The maximum absolute atomic E-state index is 13.8. The molecular weight excluding hydrogens is 576 g/mol. The Morgan fingerprint density at radius 2 is 1.45 bits per heavy atom. The molecule has 10 heteroatoms. The van der Waals surface area contributed by atoms with Crippen LogP contribution in [0.4, 0.5) is 0 Å². The first-order valence-corrected chi connectivity index (χ1v) is 15.0. The lowest BCUT2D eigenvalue weighted by Crippen LogP contribution is -2.27. The monoisotopic (exact) mass is 600 g/mol. The van der Waals surface area contributed by atoms with Gasteiger partial charge in [-0.15, -0.1) is 21.8 Å². The number of methoxy groups -OCH3 is 2. The van der Waals surface area contributed by atoms with Crippen molar-refractivity contribution in [3.05, 3.63) is 94.7 Å². The number of ketones is 1. The van der Waals surface area contributed by atoms with Gasteiger partial charge in [0.25, 0.3) is 0 Å².